The van der Waals surface area contributed by atoms with Gasteiger partial charge >= 0.3 is 0 Å². The quantitative estimate of drug-likeness (QED) is 0.374. The number of benzene rings is 3. The third kappa shape index (κ3) is 4.20. The largest absolute Gasteiger partial charge is 0.457 e. The average molecular weight is 420 g/mol. The molecule has 6 nitrogen and oxygen atoms in total. The molecule has 0 bridgehead atoms. The van der Waals surface area contributed by atoms with Crippen molar-refractivity contribution in [2.75, 3.05) is 5.32 Å². The highest BCUT2D eigenvalue weighted by Gasteiger charge is 2.07. The number of amides is 1. The summed E-state index contributed by atoms with van der Waals surface area (Å²) in [5.41, 5.74) is 5.15. The van der Waals surface area contributed by atoms with Crippen LogP contribution in [-0.4, -0.2) is 20.9 Å². The van der Waals surface area contributed by atoms with Crippen molar-refractivity contribution in [2.24, 2.45) is 0 Å². The molecule has 0 saturated carbocycles. The fourth-order valence-corrected chi connectivity index (χ4v) is 3.33. The van der Waals surface area contributed by atoms with E-state index in [-0.39, 0.29) is 5.91 Å². The van der Waals surface area contributed by atoms with Gasteiger partial charge in [-0.15, -0.1) is 10.2 Å². The number of anilines is 1. The lowest BCUT2D eigenvalue weighted by molar-refractivity contribution is -0.111. The van der Waals surface area contributed by atoms with Gasteiger partial charge in [0.25, 0.3) is 0 Å². The number of hydrogen-bond acceptors (Lipinski definition) is 4. The molecule has 0 radical (unpaired) electrons. The van der Waals surface area contributed by atoms with E-state index in [2.05, 4.69) is 15.5 Å². The highest BCUT2D eigenvalue weighted by molar-refractivity contribution is 6.02. The molecule has 0 unspecified atom stereocenters. The van der Waals surface area contributed by atoms with E-state index in [1.165, 1.54) is 11.6 Å². The number of carbonyl (C=O) groups is 1. The lowest BCUT2D eigenvalue weighted by Gasteiger charge is -2.00. The zero-order valence-electron chi connectivity index (χ0n) is 17.4. The number of carbonyl (C=O) groups excluding carboxylic acids is 1. The van der Waals surface area contributed by atoms with E-state index in [9.17, 15) is 4.79 Å². The molecule has 0 aliphatic heterocycles. The summed E-state index contributed by atoms with van der Waals surface area (Å²) in [5, 5.41) is 11.9. The second-order valence-corrected chi connectivity index (χ2v) is 7.42. The van der Waals surface area contributed by atoms with Crippen molar-refractivity contribution in [1.82, 2.24) is 15.0 Å². The molecule has 0 atom stereocenters. The molecule has 0 aliphatic rings. The number of furan rings is 1. The first-order valence-corrected chi connectivity index (χ1v) is 10.2. The molecule has 5 aromatic rings. The Labute approximate surface area is 184 Å². The second-order valence-electron chi connectivity index (χ2n) is 7.42. The van der Waals surface area contributed by atoms with Gasteiger partial charge in [0.05, 0.1) is 5.69 Å². The van der Waals surface area contributed by atoms with Crippen LogP contribution in [0.5, 0.6) is 0 Å². The summed E-state index contributed by atoms with van der Waals surface area (Å²) in [4.78, 5) is 14.0. The summed E-state index contributed by atoms with van der Waals surface area (Å²) in [5.74, 6) is 1.11. The summed E-state index contributed by atoms with van der Waals surface area (Å²) in [6.07, 6.45) is 3.09. The van der Waals surface area contributed by atoms with Crippen LogP contribution in [0.25, 0.3) is 34.1 Å². The van der Waals surface area contributed by atoms with Crippen molar-refractivity contribution in [2.45, 2.75) is 6.92 Å². The van der Waals surface area contributed by atoms with E-state index in [0.717, 1.165) is 22.5 Å². The van der Waals surface area contributed by atoms with Crippen LogP contribution in [-0.2, 0) is 4.79 Å². The molecular formula is C26H20N4O2. The second kappa shape index (κ2) is 8.35. The fraction of sp³-hybridized carbons (Fsp3) is 0.0385. The van der Waals surface area contributed by atoms with Gasteiger partial charge in [0.15, 0.2) is 0 Å². The Hall–Kier alpha value is -4.45. The Balaban J connectivity index is 1.28. The molecule has 5 rings (SSSR count). The van der Waals surface area contributed by atoms with Crippen LogP contribution in [0.2, 0.25) is 0 Å². The van der Waals surface area contributed by atoms with Crippen molar-refractivity contribution in [3.63, 3.8) is 0 Å². The van der Waals surface area contributed by atoms with Crippen LogP contribution in [0, 0.1) is 6.92 Å². The van der Waals surface area contributed by atoms with Gasteiger partial charge in [0.1, 0.15) is 22.6 Å². The maximum atomic E-state index is 12.4. The highest BCUT2D eigenvalue weighted by Crippen LogP contribution is 2.22. The van der Waals surface area contributed by atoms with Crippen LogP contribution < -0.4 is 5.32 Å². The van der Waals surface area contributed by atoms with E-state index in [1.807, 2.05) is 85.8 Å². The molecule has 2 aromatic heterocycles. The Morgan fingerprint density at radius 2 is 1.69 bits per heavy atom. The lowest BCUT2D eigenvalue weighted by Crippen LogP contribution is -2.07. The van der Waals surface area contributed by atoms with E-state index >= 15 is 0 Å². The number of fused-ring (bicyclic) bond motifs is 1. The van der Waals surface area contributed by atoms with Crippen molar-refractivity contribution in [1.29, 1.82) is 0 Å². The molecule has 2 heterocycles. The number of nitrogens with one attached hydrogen (secondary N) is 1. The average Bonchev–Trinajstić information content (AvgIpc) is 3.46. The minimum absolute atomic E-state index is 0.257. The number of nitrogens with zero attached hydrogens (tertiary/aromatic N) is 3. The topological polar surface area (TPSA) is 73.0 Å². The van der Waals surface area contributed by atoms with Gasteiger partial charge in [-0.3, -0.25) is 4.79 Å². The molecule has 156 valence electrons. The lowest BCUT2D eigenvalue weighted by atomic mass is 10.2. The van der Waals surface area contributed by atoms with E-state index in [1.54, 1.807) is 16.9 Å². The van der Waals surface area contributed by atoms with Gasteiger partial charge in [0, 0.05) is 17.3 Å². The van der Waals surface area contributed by atoms with Crippen LogP contribution >= 0.6 is 0 Å². The number of rotatable bonds is 5. The molecule has 0 spiro atoms. The van der Waals surface area contributed by atoms with Gasteiger partial charge < -0.3 is 9.73 Å². The zero-order chi connectivity index (χ0) is 21.9. The fourth-order valence-electron chi connectivity index (χ4n) is 3.33. The van der Waals surface area contributed by atoms with E-state index < -0.39 is 0 Å². The Kier molecular flexibility index (Phi) is 5.09. The third-order valence-corrected chi connectivity index (χ3v) is 5.00. The predicted molar refractivity (Wildman–Crippen MR) is 125 cm³/mol. The van der Waals surface area contributed by atoms with Crippen molar-refractivity contribution < 1.29 is 9.21 Å². The predicted octanol–water partition coefficient (Wildman–Crippen LogP) is 5.64. The summed E-state index contributed by atoms with van der Waals surface area (Å²) in [6.45, 7) is 2.04. The Bertz CT molecular complexity index is 1410. The molecule has 6 heteroatoms. The highest BCUT2D eigenvalue weighted by atomic mass is 16.3. The van der Waals surface area contributed by atoms with Gasteiger partial charge in [0.2, 0.25) is 5.91 Å². The van der Waals surface area contributed by atoms with Gasteiger partial charge in [-0.25, -0.2) is 0 Å². The molecule has 32 heavy (non-hydrogen) atoms. The first-order chi connectivity index (χ1) is 15.6. The minimum atomic E-state index is -0.257. The van der Waals surface area contributed by atoms with E-state index in [0.29, 0.717) is 17.0 Å². The standard InChI is InChI=1S/C26H20N4O2/c1-18-7-10-21(11-8-18)30-28-23-14-9-20(17-24(23)29-30)27-26(31)16-13-22-12-15-25(32-22)19-5-3-2-4-6-19/h2-17H,1H3,(H,27,31)/b16-13+. The molecule has 1 N–H and O–H groups in total. The maximum Gasteiger partial charge on any atom is 0.248 e. The number of aryl methyl sites for hydroxylation is 1. The summed E-state index contributed by atoms with van der Waals surface area (Å²) >= 11 is 0. The zero-order valence-corrected chi connectivity index (χ0v) is 17.4. The monoisotopic (exact) mass is 420 g/mol. The molecule has 0 saturated heterocycles. The molecular weight excluding hydrogens is 400 g/mol. The first-order valence-electron chi connectivity index (χ1n) is 10.2. The van der Waals surface area contributed by atoms with Gasteiger partial charge in [-0.05, 0) is 55.5 Å². The normalized spacial score (nSPS) is 11.3. The van der Waals surface area contributed by atoms with Crippen molar-refractivity contribution >= 4 is 28.7 Å². The van der Waals surface area contributed by atoms with Crippen LogP contribution in [0.3, 0.4) is 0 Å². The summed E-state index contributed by atoms with van der Waals surface area (Å²) < 4.78 is 5.79. The van der Waals surface area contributed by atoms with Crippen LogP contribution in [0.4, 0.5) is 5.69 Å². The third-order valence-electron chi connectivity index (χ3n) is 5.00. The summed E-state index contributed by atoms with van der Waals surface area (Å²) in [7, 11) is 0. The number of hydrogen-bond donors (Lipinski definition) is 1. The smallest absolute Gasteiger partial charge is 0.248 e. The van der Waals surface area contributed by atoms with Gasteiger partial charge in [-0.2, -0.15) is 4.80 Å². The van der Waals surface area contributed by atoms with Gasteiger partial charge in [-0.1, -0.05) is 48.0 Å². The SMILES string of the molecule is Cc1ccc(-n2nc3ccc(NC(=O)/C=C/c4ccc(-c5ccccc5)o4)cc3n2)cc1. The molecule has 1 amide bonds. The maximum absolute atomic E-state index is 12.4. The van der Waals surface area contributed by atoms with Crippen LogP contribution in [0.15, 0.2) is 95.4 Å². The molecule has 0 fully saturated rings. The Morgan fingerprint density at radius 3 is 2.50 bits per heavy atom. The Morgan fingerprint density at radius 1 is 0.906 bits per heavy atom. The summed E-state index contributed by atoms with van der Waals surface area (Å²) in [6, 6.07) is 27.0. The van der Waals surface area contributed by atoms with Crippen LogP contribution in [0.1, 0.15) is 11.3 Å². The number of aromatic nitrogens is 3. The first kappa shape index (κ1) is 19.5. The molecule has 3 aromatic carbocycles. The van der Waals surface area contributed by atoms with E-state index in [4.69, 9.17) is 4.42 Å². The van der Waals surface area contributed by atoms with Crippen molar-refractivity contribution in [3.05, 3.63) is 102 Å². The van der Waals surface area contributed by atoms with Crippen molar-refractivity contribution in [3.8, 4) is 17.0 Å². The molecule has 0 aliphatic carbocycles. The minimum Gasteiger partial charge on any atom is -0.457 e.